The van der Waals surface area contributed by atoms with Gasteiger partial charge in [0.2, 0.25) is 0 Å². The van der Waals surface area contributed by atoms with Crippen molar-refractivity contribution >= 4 is 11.0 Å². The third-order valence-corrected chi connectivity index (χ3v) is 2.56. The van der Waals surface area contributed by atoms with Gasteiger partial charge in [0.1, 0.15) is 0 Å². The Balaban J connectivity index is 3.11. The zero-order chi connectivity index (χ0) is 11.2. The van der Waals surface area contributed by atoms with Crippen LogP contribution in [0, 0.1) is 0 Å². The molecule has 6 nitrogen and oxygen atoms in total. The largest absolute Gasteiger partial charge is 0.331 e. The van der Waals surface area contributed by atoms with E-state index < -0.39 is 0 Å². The highest BCUT2D eigenvalue weighted by atomic mass is 16.2. The van der Waals surface area contributed by atoms with E-state index in [4.69, 9.17) is 0 Å². The first-order valence-electron chi connectivity index (χ1n) is 4.69. The van der Waals surface area contributed by atoms with Gasteiger partial charge in [-0.1, -0.05) is 0 Å². The maximum Gasteiger partial charge on any atom is 0.331 e. The Morgan fingerprint density at radius 2 is 1.93 bits per heavy atom. The van der Waals surface area contributed by atoms with Crippen LogP contribution in [0.4, 0.5) is 0 Å². The Labute approximate surface area is 85.4 Å². The average Bonchev–Trinajstić information content (AvgIpc) is 2.67. The van der Waals surface area contributed by atoms with Crippen molar-refractivity contribution in [2.45, 2.75) is 13.5 Å². The third kappa shape index (κ3) is 1.14. The topological polar surface area (TPSA) is 61.8 Å². The molecule has 15 heavy (non-hydrogen) atoms. The van der Waals surface area contributed by atoms with Crippen LogP contribution >= 0.6 is 0 Å². The van der Waals surface area contributed by atoms with E-state index in [2.05, 4.69) is 5.10 Å². The molecule has 2 rings (SSSR count). The van der Waals surface area contributed by atoms with Crippen molar-refractivity contribution < 1.29 is 0 Å². The van der Waals surface area contributed by atoms with E-state index in [1.165, 1.54) is 11.6 Å². The van der Waals surface area contributed by atoms with E-state index in [0.29, 0.717) is 17.6 Å². The summed E-state index contributed by atoms with van der Waals surface area (Å²) < 4.78 is 4.11. The molecule has 0 bridgehead atoms. The second kappa shape index (κ2) is 3.08. The third-order valence-electron chi connectivity index (χ3n) is 2.56. The van der Waals surface area contributed by atoms with Gasteiger partial charge >= 0.3 is 5.69 Å². The molecule has 0 aliphatic heterocycles. The Hall–Kier alpha value is -1.85. The summed E-state index contributed by atoms with van der Waals surface area (Å²) in [6.45, 7) is 2.51. The summed E-state index contributed by atoms with van der Waals surface area (Å²) in [6, 6.07) is 0. The standard InChI is InChI=1S/C9H12N4O2/c1-4-13-7-6(5-10-13)11(2)9(15)12(3)8(7)14/h5H,4H2,1-3H3. The van der Waals surface area contributed by atoms with Crippen molar-refractivity contribution in [3.05, 3.63) is 27.0 Å². The zero-order valence-electron chi connectivity index (χ0n) is 8.89. The van der Waals surface area contributed by atoms with Crippen molar-refractivity contribution in [1.82, 2.24) is 18.9 Å². The quantitative estimate of drug-likeness (QED) is 0.632. The van der Waals surface area contributed by atoms with Crippen molar-refractivity contribution in [2.75, 3.05) is 0 Å². The fraction of sp³-hybridized carbons (Fsp3) is 0.444. The van der Waals surface area contributed by atoms with E-state index in [1.54, 1.807) is 17.9 Å². The minimum absolute atomic E-state index is 0.299. The lowest BCUT2D eigenvalue weighted by atomic mass is 10.4. The number of fused-ring (bicyclic) bond motifs is 1. The molecule has 2 aromatic rings. The van der Waals surface area contributed by atoms with Crippen molar-refractivity contribution in [3.8, 4) is 0 Å². The van der Waals surface area contributed by atoms with E-state index in [9.17, 15) is 9.59 Å². The molecule has 0 unspecified atom stereocenters. The Bertz CT molecular complexity index is 632. The van der Waals surface area contributed by atoms with E-state index in [-0.39, 0.29) is 11.2 Å². The van der Waals surface area contributed by atoms with E-state index in [0.717, 1.165) is 4.57 Å². The van der Waals surface area contributed by atoms with Gasteiger partial charge < -0.3 is 0 Å². The highest BCUT2D eigenvalue weighted by molar-refractivity contribution is 5.73. The minimum Gasteiger partial charge on any atom is -0.293 e. The lowest BCUT2D eigenvalue weighted by molar-refractivity contribution is 0.665. The van der Waals surface area contributed by atoms with Crippen LogP contribution in [0.25, 0.3) is 11.0 Å². The van der Waals surface area contributed by atoms with Crippen LogP contribution in [0.5, 0.6) is 0 Å². The number of hydrogen-bond donors (Lipinski definition) is 0. The minimum atomic E-state index is -0.330. The highest BCUT2D eigenvalue weighted by Crippen LogP contribution is 2.05. The van der Waals surface area contributed by atoms with Gasteiger partial charge in [0.25, 0.3) is 5.56 Å². The summed E-state index contributed by atoms with van der Waals surface area (Å²) in [4.78, 5) is 23.4. The highest BCUT2D eigenvalue weighted by Gasteiger charge is 2.12. The summed E-state index contributed by atoms with van der Waals surface area (Å²) in [6.07, 6.45) is 1.54. The average molecular weight is 208 g/mol. The molecule has 0 saturated carbocycles. The Morgan fingerprint density at radius 1 is 1.27 bits per heavy atom. The van der Waals surface area contributed by atoms with Crippen molar-refractivity contribution in [1.29, 1.82) is 0 Å². The molecule has 0 aliphatic carbocycles. The molecular weight excluding hydrogens is 196 g/mol. The van der Waals surface area contributed by atoms with Gasteiger partial charge in [-0.25, -0.2) is 4.79 Å². The van der Waals surface area contributed by atoms with Crippen LogP contribution in [-0.2, 0) is 20.6 Å². The SMILES string of the molecule is CCn1ncc2c1c(=O)n(C)c(=O)n2C. The molecule has 0 aliphatic rings. The molecular formula is C9H12N4O2. The van der Waals surface area contributed by atoms with Crippen LogP contribution in [0.1, 0.15) is 6.92 Å². The zero-order valence-corrected chi connectivity index (χ0v) is 8.89. The van der Waals surface area contributed by atoms with Crippen molar-refractivity contribution in [3.63, 3.8) is 0 Å². The summed E-state index contributed by atoms with van der Waals surface area (Å²) in [5.74, 6) is 0. The maximum atomic E-state index is 11.8. The van der Waals surface area contributed by atoms with Gasteiger partial charge in [0.15, 0.2) is 5.52 Å². The van der Waals surface area contributed by atoms with Gasteiger partial charge in [0.05, 0.1) is 11.7 Å². The first-order chi connectivity index (χ1) is 7.07. The summed E-state index contributed by atoms with van der Waals surface area (Å²) in [7, 11) is 3.10. The number of nitrogens with zero attached hydrogens (tertiary/aromatic N) is 4. The molecule has 0 saturated heterocycles. The first kappa shape index (κ1) is 9.70. The number of aryl methyl sites for hydroxylation is 2. The smallest absolute Gasteiger partial charge is 0.293 e. The van der Waals surface area contributed by atoms with Crippen LogP contribution in [0.15, 0.2) is 15.8 Å². The number of hydrogen-bond acceptors (Lipinski definition) is 3. The summed E-state index contributed by atoms with van der Waals surface area (Å²) >= 11 is 0. The Morgan fingerprint density at radius 3 is 2.53 bits per heavy atom. The number of aromatic nitrogens is 4. The number of rotatable bonds is 1. The molecule has 0 amide bonds. The molecule has 0 N–H and O–H groups in total. The molecule has 0 spiro atoms. The second-order valence-electron chi connectivity index (χ2n) is 3.40. The van der Waals surface area contributed by atoms with Gasteiger partial charge in [-0.05, 0) is 6.92 Å². The van der Waals surface area contributed by atoms with Crippen molar-refractivity contribution in [2.24, 2.45) is 14.1 Å². The summed E-state index contributed by atoms with van der Waals surface area (Å²) in [5.41, 5.74) is 0.419. The lowest BCUT2D eigenvalue weighted by Crippen LogP contribution is -2.37. The lowest BCUT2D eigenvalue weighted by Gasteiger charge is -2.04. The predicted molar refractivity (Wildman–Crippen MR) is 55.9 cm³/mol. The molecule has 6 heteroatoms. The van der Waals surface area contributed by atoms with Gasteiger partial charge in [0, 0.05) is 20.6 Å². The fourth-order valence-electron chi connectivity index (χ4n) is 1.65. The molecule has 0 fully saturated rings. The van der Waals surface area contributed by atoms with E-state index in [1.807, 2.05) is 6.92 Å². The monoisotopic (exact) mass is 208 g/mol. The van der Waals surface area contributed by atoms with Gasteiger partial charge in [-0.15, -0.1) is 0 Å². The maximum absolute atomic E-state index is 11.8. The Kier molecular flexibility index (Phi) is 1.99. The van der Waals surface area contributed by atoms with Gasteiger partial charge in [-0.2, -0.15) is 5.10 Å². The molecule has 0 atom stereocenters. The fourth-order valence-corrected chi connectivity index (χ4v) is 1.65. The second-order valence-corrected chi connectivity index (χ2v) is 3.40. The molecule has 2 heterocycles. The molecule has 80 valence electrons. The van der Waals surface area contributed by atoms with E-state index >= 15 is 0 Å². The van der Waals surface area contributed by atoms with Crippen LogP contribution in [-0.4, -0.2) is 18.9 Å². The van der Waals surface area contributed by atoms with Crippen LogP contribution in [0.2, 0.25) is 0 Å². The molecule has 0 radical (unpaired) electrons. The van der Waals surface area contributed by atoms with Gasteiger partial charge in [-0.3, -0.25) is 18.6 Å². The summed E-state index contributed by atoms with van der Waals surface area (Å²) in [5, 5.41) is 4.06. The van der Waals surface area contributed by atoms with Crippen LogP contribution in [0.3, 0.4) is 0 Å². The van der Waals surface area contributed by atoms with Crippen LogP contribution < -0.4 is 11.2 Å². The normalized spacial score (nSPS) is 11.1. The first-order valence-corrected chi connectivity index (χ1v) is 4.69. The predicted octanol–water partition coefficient (Wildman–Crippen LogP) is -0.546. The molecule has 2 aromatic heterocycles. The molecule has 0 aromatic carbocycles.